The van der Waals surface area contributed by atoms with Crippen LogP contribution in [0.25, 0.3) is 11.1 Å². The van der Waals surface area contributed by atoms with E-state index in [1.165, 1.54) is 6.92 Å². The lowest BCUT2D eigenvalue weighted by atomic mass is 10.00. The summed E-state index contributed by atoms with van der Waals surface area (Å²) in [6, 6.07) is 15.6. The Kier molecular flexibility index (Phi) is 5.67. The summed E-state index contributed by atoms with van der Waals surface area (Å²) < 4.78 is 5.31. The molecule has 0 aliphatic carbocycles. The van der Waals surface area contributed by atoms with E-state index in [4.69, 9.17) is 14.7 Å². The fraction of sp³-hybridized carbons (Fsp3) is 0.318. The summed E-state index contributed by atoms with van der Waals surface area (Å²) in [5, 5.41) is 15.9. The van der Waals surface area contributed by atoms with Gasteiger partial charge in [-0.1, -0.05) is 41.6 Å². The Hall–Kier alpha value is -3.39. The standard InChI is InChI=1S/C22H23N3O5/c1-14(27)23-11-20-12-25(22(28)29-20)18-8-6-16(7-9-18)15-2-4-17(5-3-15)21-10-19(13-26)30-24-21/h2-9,19-20,26H,10-13H2,1H3,(H,23,27)/t19-,20+/m1/s1. The molecule has 2 amide bonds. The molecule has 2 aromatic carbocycles. The quantitative estimate of drug-likeness (QED) is 0.763. The molecule has 2 aliphatic heterocycles. The van der Waals surface area contributed by atoms with Crippen LogP contribution in [-0.2, 0) is 14.4 Å². The van der Waals surface area contributed by atoms with E-state index in [1.807, 2.05) is 48.5 Å². The number of ether oxygens (including phenoxy) is 1. The molecule has 0 saturated carbocycles. The molecule has 2 aromatic rings. The lowest BCUT2D eigenvalue weighted by Crippen LogP contribution is -2.33. The molecule has 0 spiro atoms. The molecule has 2 N–H and O–H groups in total. The molecule has 156 valence electrons. The minimum Gasteiger partial charge on any atom is -0.442 e. The molecule has 30 heavy (non-hydrogen) atoms. The number of aliphatic hydroxyl groups excluding tert-OH is 1. The van der Waals surface area contributed by atoms with Crippen LogP contribution in [0.5, 0.6) is 0 Å². The number of amides is 2. The molecule has 2 atom stereocenters. The van der Waals surface area contributed by atoms with Gasteiger partial charge in [-0.3, -0.25) is 9.69 Å². The highest BCUT2D eigenvalue weighted by Gasteiger charge is 2.32. The van der Waals surface area contributed by atoms with Crippen molar-refractivity contribution in [2.24, 2.45) is 5.16 Å². The largest absolute Gasteiger partial charge is 0.442 e. The number of rotatable bonds is 6. The first-order valence-corrected chi connectivity index (χ1v) is 9.80. The minimum atomic E-state index is -0.414. The van der Waals surface area contributed by atoms with Gasteiger partial charge in [-0.2, -0.15) is 0 Å². The van der Waals surface area contributed by atoms with Gasteiger partial charge in [-0.15, -0.1) is 0 Å². The maximum Gasteiger partial charge on any atom is 0.414 e. The number of hydrogen-bond donors (Lipinski definition) is 2. The predicted molar refractivity (Wildman–Crippen MR) is 111 cm³/mol. The maximum atomic E-state index is 12.1. The number of anilines is 1. The van der Waals surface area contributed by atoms with Crippen LogP contribution in [0.4, 0.5) is 10.5 Å². The Morgan fingerprint density at radius 3 is 2.33 bits per heavy atom. The predicted octanol–water partition coefficient (Wildman–Crippen LogP) is 2.30. The van der Waals surface area contributed by atoms with Gasteiger partial charge >= 0.3 is 6.09 Å². The summed E-state index contributed by atoms with van der Waals surface area (Å²) in [6.45, 7) is 2.08. The van der Waals surface area contributed by atoms with Gasteiger partial charge in [0.1, 0.15) is 6.10 Å². The Bertz CT molecular complexity index is 956. The summed E-state index contributed by atoms with van der Waals surface area (Å²) >= 11 is 0. The molecule has 2 heterocycles. The lowest BCUT2D eigenvalue weighted by Gasteiger charge is -2.14. The van der Waals surface area contributed by atoms with Crippen molar-refractivity contribution < 1.29 is 24.3 Å². The van der Waals surface area contributed by atoms with Crippen LogP contribution >= 0.6 is 0 Å². The fourth-order valence-electron chi connectivity index (χ4n) is 3.48. The van der Waals surface area contributed by atoms with Gasteiger partial charge in [-0.25, -0.2) is 4.79 Å². The SMILES string of the molecule is CC(=O)NC[C@H]1CN(c2ccc(-c3ccc(C4=NO[C@@H](CO)C4)cc3)cc2)C(=O)O1. The summed E-state index contributed by atoms with van der Waals surface area (Å²) in [6.07, 6.45) is -0.438. The molecule has 0 unspecified atom stereocenters. The third kappa shape index (κ3) is 4.28. The zero-order valence-corrected chi connectivity index (χ0v) is 16.6. The second-order valence-corrected chi connectivity index (χ2v) is 7.33. The van der Waals surface area contributed by atoms with E-state index in [-0.39, 0.29) is 24.7 Å². The van der Waals surface area contributed by atoms with Crippen LogP contribution in [-0.4, -0.2) is 54.7 Å². The first-order chi connectivity index (χ1) is 14.5. The van der Waals surface area contributed by atoms with Gasteiger partial charge in [0.2, 0.25) is 5.91 Å². The number of hydrogen-bond acceptors (Lipinski definition) is 6. The van der Waals surface area contributed by atoms with Crippen LogP contribution in [0.1, 0.15) is 18.9 Å². The highest BCUT2D eigenvalue weighted by molar-refractivity contribution is 6.01. The van der Waals surface area contributed by atoms with E-state index in [0.29, 0.717) is 19.5 Å². The molecule has 1 fully saturated rings. The summed E-state index contributed by atoms with van der Waals surface area (Å²) in [5.41, 5.74) is 4.61. The van der Waals surface area contributed by atoms with Gasteiger partial charge in [0.15, 0.2) is 6.10 Å². The highest BCUT2D eigenvalue weighted by atomic mass is 16.6. The molecule has 8 heteroatoms. The van der Waals surface area contributed by atoms with Crippen molar-refractivity contribution >= 4 is 23.4 Å². The van der Waals surface area contributed by atoms with Gasteiger partial charge in [0, 0.05) is 19.0 Å². The average Bonchev–Trinajstić information content (AvgIpc) is 3.39. The number of carbonyl (C=O) groups excluding carboxylic acids is 2. The van der Waals surface area contributed by atoms with Gasteiger partial charge in [0.25, 0.3) is 0 Å². The van der Waals surface area contributed by atoms with E-state index in [9.17, 15) is 9.59 Å². The molecule has 0 bridgehead atoms. The van der Waals surface area contributed by atoms with Crippen LogP contribution in [0.15, 0.2) is 53.7 Å². The Labute approximate surface area is 174 Å². The summed E-state index contributed by atoms with van der Waals surface area (Å²) in [5.74, 6) is -0.152. The smallest absolute Gasteiger partial charge is 0.414 e. The molecule has 0 aromatic heterocycles. The molecular weight excluding hydrogens is 386 g/mol. The van der Waals surface area contributed by atoms with Crippen LogP contribution < -0.4 is 10.2 Å². The topological polar surface area (TPSA) is 100 Å². The van der Waals surface area contributed by atoms with E-state index >= 15 is 0 Å². The number of benzene rings is 2. The number of nitrogens with one attached hydrogen (secondary N) is 1. The molecule has 2 aliphatic rings. The Morgan fingerprint density at radius 1 is 1.10 bits per heavy atom. The number of oxime groups is 1. The fourth-order valence-corrected chi connectivity index (χ4v) is 3.48. The zero-order chi connectivity index (χ0) is 21.1. The molecule has 8 nitrogen and oxygen atoms in total. The third-order valence-corrected chi connectivity index (χ3v) is 5.12. The van der Waals surface area contributed by atoms with E-state index in [0.717, 1.165) is 28.1 Å². The van der Waals surface area contributed by atoms with Crippen LogP contribution in [0.3, 0.4) is 0 Å². The lowest BCUT2D eigenvalue weighted by molar-refractivity contribution is -0.119. The third-order valence-electron chi connectivity index (χ3n) is 5.12. The van der Waals surface area contributed by atoms with E-state index in [1.54, 1.807) is 4.90 Å². The van der Waals surface area contributed by atoms with E-state index in [2.05, 4.69) is 10.5 Å². The minimum absolute atomic E-state index is 0.0457. The number of carbonyl (C=O) groups is 2. The van der Waals surface area contributed by atoms with Gasteiger partial charge in [0.05, 0.1) is 25.4 Å². The molecular formula is C22H23N3O5. The molecule has 0 radical (unpaired) electrons. The van der Waals surface area contributed by atoms with Crippen molar-refractivity contribution in [3.8, 4) is 11.1 Å². The monoisotopic (exact) mass is 409 g/mol. The van der Waals surface area contributed by atoms with Crippen molar-refractivity contribution in [2.75, 3.05) is 24.6 Å². The van der Waals surface area contributed by atoms with E-state index < -0.39 is 6.09 Å². The second kappa shape index (κ2) is 8.54. The number of aliphatic hydroxyl groups is 1. The summed E-state index contributed by atoms with van der Waals surface area (Å²) in [4.78, 5) is 29.9. The Morgan fingerprint density at radius 2 is 1.73 bits per heavy atom. The highest BCUT2D eigenvalue weighted by Crippen LogP contribution is 2.27. The van der Waals surface area contributed by atoms with Crippen LogP contribution in [0.2, 0.25) is 0 Å². The van der Waals surface area contributed by atoms with Crippen molar-refractivity contribution in [3.05, 3.63) is 54.1 Å². The average molecular weight is 409 g/mol. The maximum absolute atomic E-state index is 12.1. The number of nitrogens with zero attached hydrogens (tertiary/aromatic N) is 2. The first-order valence-electron chi connectivity index (χ1n) is 9.80. The molecule has 1 saturated heterocycles. The first kappa shape index (κ1) is 19.9. The van der Waals surface area contributed by atoms with Crippen molar-refractivity contribution in [1.82, 2.24) is 5.32 Å². The van der Waals surface area contributed by atoms with Crippen LogP contribution in [0, 0.1) is 0 Å². The normalized spacial score (nSPS) is 20.5. The van der Waals surface area contributed by atoms with Crippen molar-refractivity contribution in [1.29, 1.82) is 0 Å². The van der Waals surface area contributed by atoms with Gasteiger partial charge < -0.3 is 20.0 Å². The Balaban J connectivity index is 1.41. The van der Waals surface area contributed by atoms with Crippen molar-refractivity contribution in [2.45, 2.75) is 25.6 Å². The zero-order valence-electron chi connectivity index (χ0n) is 16.6. The van der Waals surface area contributed by atoms with Crippen molar-refractivity contribution in [3.63, 3.8) is 0 Å². The number of cyclic esters (lactones) is 1. The van der Waals surface area contributed by atoms with Gasteiger partial charge in [-0.05, 0) is 28.8 Å². The summed E-state index contributed by atoms with van der Waals surface area (Å²) in [7, 11) is 0. The molecule has 4 rings (SSSR count). The second-order valence-electron chi connectivity index (χ2n) is 7.33.